The van der Waals surface area contributed by atoms with E-state index < -0.39 is 0 Å². The number of aromatic nitrogens is 2. The van der Waals surface area contributed by atoms with Crippen LogP contribution < -0.4 is 5.32 Å². The number of aryl methyl sites for hydroxylation is 1. The lowest BCUT2D eigenvalue weighted by atomic mass is 10.0. The third kappa shape index (κ3) is 3.35. The molecule has 0 saturated carbocycles. The molecular formula is C19H18FN3O. The SMILES string of the molecule is Cc1cccc(-c2[nH]ncc2C(=O)N[C@H](C)c2ccc(F)cc2)c1. The largest absolute Gasteiger partial charge is 0.345 e. The Morgan fingerprint density at radius 3 is 2.67 bits per heavy atom. The van der Waals surface area contributed by atoms with Gasteiger partial charge in [-0.3, -0.25) is 9.89 Å². The Morgan fingerprint density at radius 1 is 1.21 bits per heavy atom. The van der Waals surface area contributed by atoms with Gasteiger partial charge in [0.2, 0.25) is 0 Å². The number of benzene rings is 2. The highest BCUT2D eigenvalue weighted by Crippen LogP contribution is 2.23. The number of H-pyrrole nitrogens is 1. The third-order valence-corrected chi connectivity index (χ3v) is 3.91. The van der Waals surface area contributed by atoms with Crippen molar-refractivity contribution in [2.24, 2.45) is 0 Å². The second-order valence-electron chi connectivity index (χ2n) is 5.77. The maximum Gasteiger partial charge on any atom is 0.255 e. The van der Waals surface area contributed by atoms with Crippen LogP contribution in [0.5, 0.6) is 0 Å². The molecule has 1 amide bonds. The van der Waals surface area contributed by atoms with Crippen LogP contribution in [0.15, 0.2) is 54.7 Å². The van der Waals surface area contributed by atoms with Gasteiger partial charge in [0.25, 0.3) is 5.91 Å². The topological polar surface area (TPSA) is 57.8 Å². The van der Waals surface area contributed by atoms with Crippen LogP contribution in [-0.4, -0.2) is 16.1 Å². The molecule has 0 aliphatic heterocycles. The maximum absolute atomic E-state index is 13.0. The van der Waals surface area contributed by atoms with E-state index in [-0.39, 0.29) is 17.8 Å². The molecule has 3 rings (SSSR count). The molecule has 24 heavy (non-hydrogen) atoms. The Labute approximate surface area is 139 Å². The number of hydrogen-bond acceptors (Lipinski definition) is 2. The Bertz CT molecular complexity index is 855. The molecule has 1 heterocycles. The summed E-state index contributed by atoms with van der Waals surface area (Å²) < 4.78 is 13.0. The summed E-state index contributed by atoms with van der Waals surface area (Å²) in [4.78, 5) is 12.6. The number of nitrogens with zero attached hydrogens (tertiary/aromatic N) is 1. The predicted octanol–water partition coefficient (Wildman–Crippen LogP) is 4.02. The molecule has 0 radical (unpaired) electrons. The molecule has 2 N–H and O–H groups in total. The van der Waals surface area contributed by atoms with Gasteiger partial charge in [-0.25, -0.2) is 4.39 Å². The van der Waals surface area contributed by atoms with Crippen molar-refractivity contribution >= 4 is 5.91 Å². The Morgan fingerprint density at radius 2 is 1.96 bits per heavy atom. The molecule has 0 spiro atoms. The summed E-state index contributed by atoms with van der Waals surface area (Å²) in [7, 11) is 0. The van der Waals surface area contributed by atoms with Gasteiger partial charge in [0.05, 0.1) is 23.5 Å². The van der Waals surface area contributed by atoms with Crippen LogP contribution in [0.4, 0.5) is 4.39 Å². The van der Waals surface area contributed by atoms with Crippen molar-refractivity contribution in [1.29, 1.82) is 0 Å². The lowest BCUT2D eigenvalue weighted by Gasteiger charge is -2.14. The molecule has 1 aromatic heterocycles. The highest BCUT2D eigenvalue weighted by atomic mass is 19.1. The van der Waals surface area contributed by atoms with E-state index in [9.17, 15) is 9.18 Å². The minimum Gasteiger partial charge on any atom is -0.345 e. The van der Waals surface area contributed by atoms with Crippen molar-refractivity contribution in [2.45, 2.75) is 19.9 Å². The number of hydrogen-bond donors (Lipinski definition) is 2. The van der Waals surface area contributed by atoms with Gasteiger partial charge in [-0.1, -0.05) is 35.9 Å². The zero-order valence-corrected chi connectivity index (χ0v) is 13.5. The average Bonchev–Trinajstić information content (AvgIpc) is 3.05. The van der Waals surface area contributed by atoms with Crippen molar-refractivity contribution < 1.29 is 9.18 Å². The summed E-state index contributed by atoms with van der Waals surface area (Å²) >= 11 is 0. The van der Waals surface area contributed by atoms with Gasteiger partial charge in [-0.05, 0) is 37.6 Å². The zero-order valence-electron chi connectivity index (χ0n) is 13.5. The molecular weight excluding hydrogens is 305 g/mol. The molecule has 0 bridgehead atoms. The molecule has 5 heteroatoms. The summed E-state index contributed by atoms with van der Waals surface area (Å²) in [5.74, 6) is -0.522. The maximum atomic E-state index is 13.0. The average molecular weight is 323 g/mol. The van der Waals surface area contributed by atoms with E-state index in [0.29, 0.717) is 11.3 Å². The monoisotopic (exact) mass is 323 g/mol. The van der Waals surface area contributed by atoms with E-state index in [1.165, 1.54) is 18.3 Å². The van der Waals surface area contributed by atoms with Crippen LogP contribution in [0.3, 0.4) is 0 Å². The zero-order chi connectivity index (χ0) is 17.1. The van der Waals surface area contributed by atoms with Gasteiger partial charge in [-0.15, -0.1) is 0 Å². The fourth-order valence-corrected chi connectivity index (χ4v) is 2.59. The first-order valence-electron chi connectivity index (χ1n) is 7.71. The van der Waals surface area contributed by atoms with Crippen LogP contribution in [0.25, 0.3) is 11.3 Å². The van der Waals surface area contributed by atoms with Crippen LogP contribution in [0.2, 0.25) is 0 Å². The van der Waals surface area contributed by atoms with Crippen LogP contribution >= 0.6 is 0 Å². The quantitative estimate of drug-likeness (QED) is 0.762. The molecule has 2 aromatic carbocycles. The second kappa shape index (κ2) is 6.66. The standard InChI is InChI=1S/C19H18FN3O/c1-12-4-3-5-15(10-12)18-17(11-21-23-18)19(24)22-13(2)14-6-8-16(20)9-7-14/h3-11,13H,1-2H3,(H,21,23)(H,22,24)/t13-/m1/s1. The number of carbonyl (C=O) groups excluding carboxylic acids is 1. The van der Waals surface area contributed by atoms with E-state index >= 15 is 0 Å². The van der Waals surface area contributed by atoms with Gasteiger partial charge in [0, 0.05) is 5.56 Å². The Hall–Kier alpha value is -2.95. The fraction of sp³-hybridized carbons (Fsp3) is 0.158. The molecule has 0 aliphatic carbocycles. The van der Waals surface area contributed by atoms with Crippen molar-refractivity contribution in [1.82, 2.24) is 15.5 Å². The third-order valence-electron chi connectivity index (χ3n) is 3.91. The lowest BCUT2D eigenvalue weighted by molar-refractivity contribution is 0.0940. The highest BCUT2D eigenvalue weighted by Gasteiger charge is 2.17. The van der Waals surface area contributed by atoms with Gasteiger partial charge in [-0.2, -0.15) is 5.10 Å². The Kier molecular flexibility index (Phi) is 4.42. The first kappa shape index (κ1) is 15.9. The van der Waals surface area contributed by atoms with Crippen LogP contribution in [0.1, 0.15) is 34.5 Å². The molecule has 0 unspecified atom stereocenters. The first-order valence-corrected chi connectivity index (χ1v) is 7.71. The minimum atomic E-state index is -0.297. The number of nitrogens with one attached hydrogen (secondary N) is 2. The van der Waals surface area contributed by atoms with E-state index in [4.69, 9.17) is 0 Å². The number of carbonyl (C=O) groups is 1. The summed E-state index contributed by atoms with van der Waals surface area (Å²) in [5.41, 5.74) is 4.02. The summed E-state index contributed by atoms with van der Waals surface area (Å²) in [6.07, 6.45) is 1.52. The van der Waals surface area contributed by atoms with Crippen molar-refractivity contribution in [3.8, 4) is 11.3 Å². The fourth-order valence-electron chi connectivity index (χ4n) is 2.59. The highest BCUT2D eigenvalue weighted by molar-refractivity contribution is 5.99. The number of aromatic amines is 1. The van der Waals surface area contributed by atoms with E-state index in [1.54, 1.807) is 12.1 Å². The van der Waals surface area contributed by atoms with Crippen LogP contribution in [0, 0.1) is 12.7 Å². The van der Waals surface area contributed by atoms with Crippen molar-refractivity contribution in [2.75, 3.05) is 0 Å². The number of rotatable bonds is 4. The van der Waals surface area contributed by atoms with Crippen LogP contribution in [-0.2, 0) is 0 Å². The molecule has 0 fully saturated rings. The lowest BCUT2D eigenvalue weighted by Crippen LogP contribution is -2.26. The van der Waals surface area contributed by atoms with Crippen molar-refractivity contribution in [3.63, 3.8) is 0 Å². The van der Waals surface area contributed by atoms with E-state index in [1.807, 2.05) is 38.1 Å². The van der Waals surface area contributed by atoms with Gasteiger partial charge in [0.15, 0.2) is 0 Å². The van der Waals surface area contributed by atoms with Crippen molar-refractivity contribution in [3.05, 3.63) is 77.2 Å². The smallest absolute Gasteiger partial charge is 0.255 e. The molecule has 0 saturated heterocycles. The van der Waals surface area contributed by atoms with E-state index in [2.05, 4.69) is 15.5 Å². The minimum absolute atomic E-state index is 0.225. The van der Waals surface area contributed by atoms with E-state index in [0.717, 1.165) is 16.7 Å². The summed E-state index contributed by atoms with van der Waals surface area (Å²) in [6, 6.07) is 13.7. The molecule has 3 aromatic rings. The first-order chi connectivity index (χ1) is 11.5. The summed E-state index contributed by atoms with van der Waals surface area (Å²) in [6.45, 7) is 3.85. The second-order valence-corrected chi connectivity index (χ2v) is 5.77. The number of halogens is 1. The van der Waals surface area contributed by atoms with Gasteiger partial charge >= 0.3 is 0 Å². The molecule has 122 valence electrons. The Balaban J connectivity index is 1.81. The normalized spacial score (nSPS) is 12.0. The summed E-state index contributed by atoms with van der Waals surface area (Å²) in [5, 5.41) is 9.82. The molecule has 0 aliphatic rings. The molecule has 4 nitrogen and oxygen atoms in total. The van der Waals surface area contributed by atoms with Gasteiger partial charge in [0.1, 0.15) is 5.82 Å². The number of amides is 1. The van der Waals surface area contributed by atoms with Gasteiger partial charge < -0.3 is 5.32 Å². The predicted molar refractivity (Wildman–Crippen MR) is 91.0 cm³/mol. The molecule has 1 atom stereocenters.